The van der Waals surface area contributed by atoms with E-state index in [2.05, 4.69) is 15.4 Å². The molecule has 1 heterocycles. The Hall–Kier alpha value is -2.14. The van der Waals surface area contributed by atoms with Crippen molar-refractivity contribution >= 4 is 5.69 Å². The van der Waals surface area contributed by atoms with Crippen molar-refractivity contribution in [2.24, 2.45) is 5.84 Å². The van der Waals surface area contributed by atoms with Crippen LogP contribution in [0.5, 0.6) is 11.5 Å². The van der Waals surface area contributed by atoms with Crippen molar-refractivity contribution in [1.82, 2.24) is 9.97 Å². The van der Waals surface area contributed by atoms with E-state index in [0.717, 1.165) is 5.69 Å². The van der Waals surface area contributed by atoms with Crippen LogP contribution in [0.4, 0.5) is 5.69 Å². The lowest BCUT2D eigenvalue weighted by atomic mass is 10.3. The first-order chi connectivity index (χ1) is 7.38. The van der Waals surface area contributed by atoms with Gasteiger partial charge in [-0.25, -0.2) is 9.97 Å². The maximum absolute atomic E-state index is 5.48. The zero-order chi connectivity index (χ0) is 10.5. The van der Waals surface area contributed by atoms with Crippen LogP contribution in [0.25, 0.3) is 0 Å². The van der Waals surface area contributed by atoms with E-state index in [4.69, 9.17) is 10.6 Å². The van der Waals surface area contributed by atoms with Gasteiger partial charge in [0.25, 0.3) is 0 Å². The lowest BCUT2D eigenvalue weighted by Gasteiger charge is -2.05. The fraction of sp³-hybridized carbons (Fsp3) is 0. The minimum absolute atomic E-state index is 0.603. The van der Waals surface area contributed by atoms with Crippen LogP contribution < -0.4 is 16.0 Å². The molecule has 15 heavy (non-hydrogen) atoms. The van der Waals surface area contributed by atoms with Gasteiger partial charge in [0.1, 0.15) is 12.1 Å². The minimum atomic E-state index is 0.603. The predicted octanol–water partition coefficient (Wildman–Crippen LogP) is 1.55. The van der Waals surface area contributed by atoms with Crippen molar-refractivity contribution in [2.45, 2.75) is 0 Å². The number of nitrogens with one attached hydrogen (secondary N) is 1. The first kappa shape index (κ1) is 9.42. The molecule has 0 aliphatic rings. The zero-order valence-corrected chi connectivity index (χ0v) is 7.92. The molecule has 5 nitrogen and oxygen atoms in total. The van der Waals surface area contributed by atoms with Crippen molar-refractivity contribution in [1.29, 1.82) is 0 Å². The van der Waals surface area contributed by atoms with Crippen LogP contribution in [-0.4, -0.2) is 9.97 Å². The highest BCUT2D eigenvalue weighted by atomic mass is 16.5. The van der Waals surface area contributed by atoms with E-state index in [1.165, 1.54) is 6.33 Å². The summed E-state index contributed by atoms with van der Waals surface area (Å²) < 4.78 is 5.48. The zero-order valence-electron chi connectivity index (χ0n) is 7.92. The lowest BCUT2D eigenvalue weighted by Crippen LogP contribution is -2.05. The molecule has 3 N–H and O–H groups in total. The molecule has 0 saturated carbocycles. The Morgan fingerprint density at radius 1 is 1.00 bits per heavy atom. The van der Waals surface area contributed by atoms with Crippen molar-refractivity contribution in [2.75, 3.05) is 5.43 Å². The molecule has 76 valence electrons. The number of hydrogen-bond donors (Lipinski definition) is 2. The number of aromatic nitrogens is 2. The molecule has 1 aromatic carbocycles. The number of nitrogen functional groups attached to an aromatic ring is 1. The molecule has 1 aromatic heterocycles. The van der Waals surface area contributed by atoms with Gasteiger partial charge in [-0.3, -0.25) is 5.84 Å². The summed E-state index contributed by atoms with van der Waals surface area (Å²) in [7, 11) is 0. The summed E-state index contributed by atoms with van der Waals surface area (Å²) >= 11 is 0. The van der Waals surface area contributed by atoms with Gasteiger partial charge in [0.05, 0.1) is 12.4 Å². The van der Waals surface area contributed by atoms with Crippen LogP contribution in [-0.2, 0) is 0 Å². The molecule has 0 aliphatic heterocycles. The fourth-order valence-electron chi connectivity index (χ4n) is 1.09. The largest absolute Gasteiger partial charge is 0.454 e. The van der Waals surface area contributed by atoms with Gasteiger partial charge in [-0.05, 0) is 24.3 Å². The molecule has 0 amide bonds. The first-order valence-electron chi connectivity index (χ1n) is 4.38. The van der Waals surface area contributed by atoms with Gasteiger partial charge < -0.3 is 10.2 Å². The van der Waals surface area contributed by atoms with E-state index in [1.54, 1.807) is 12.4 Å². The highest BCUT2D eigenvalue weighted by Crippen LogP contribution is 2.20. The van der Waals surface area contributed by atoms with E-state index in [-0.39, 0.29) is 0 Å². The number of nitrogens with zero attached hydrogens (tertiary/aromatic N) is 2. The maximum Gasteiger partial charge on any atom is 0.163 e. The third-order valence-electron chi connectivity index (χ3n) is 1.79. The van der Waals surface area contributed by atoms with Crippen molar-refractivity contribution < 1.29 is 4.74 Å². The SMILES string of the molecule is NNc1ccc(Oc2cncnc2)cc1. The number of rotatable bonds is 3. The van der Waals surface area contributed by atoms with E-state index >= 15 is 0 Å². The monoisotopic (exact) mass is 202 g/mol. The van der Waals surface area contributed by atoms with Crippen LogP contribution in [0, 0.1) is 0 Å². The number of benzene rings is 1. The maximum atomic E-state index is 5.48. The molecular formula is C10H10N4O. The summed E-state index contributed by atoms with van der Waals surface area (Å²) in [6.07, 6.45) is 4.65. The summed E-state index contributed by atoms with van der Waals surface area (Å²) in [5, 5.41) is 0. The molecule has 0 saturated heterocycles. The van der Waals surface area contributed by atoms with Crippen LogP contribution in [0.3, 0.4) is 0 Å². The Morgan fingerprint density at radius 3 is 2.27 bits per heavy atom. The number of hydrazine groups is 1. The summed E-state index contributed by atoms with van der Waals surface area (Å²) in [5.41, 5.74) is 3.36. The highest BCUT2D eigenvalue weighted by molar-refractivity contribution is 5.45. The Balaban J connectivity index is 2.11. The Kier molecular flexibility index (Phi) is 2.75. The third-order valence-corrected chi connectivity index (χ3v) is 1.79. The van der Waals surface area contributed by atoms with Crippen LogP contribution in [0.15, 0.2) is 43.0 Å². The summed E-state index contributed by atoms with van der Waals surface area (Å²) in [5.74, 6) is 6.56. The molecule has 2 rings (SSSR count). The Bertz CT molecular complexity index is 415. The van der Waals surface area contributed by atoms with Gasteiger partial charge in [-0.15, -0.1) is 0 Å². The van der Waals surface area contributed by atoms with Gasteiger partial charge in [0.2, 0.25) is 0 Å². The lowest BCUT2D eigenvalue weighted by molar-refractivity contribution is 0.477. The van der Waals surface area contributed by atoms with Crippen LogP contribution in [0.1, 0.15) is 0 Å². The van der Waals surface area contributed by atoms with Gasteiger partial charge >= 0.3 is 0 Å². The van der Waals surface area contributed by atoms with Gasteiger partial charge in [0, 0.05) is 5.69 Å². The normalized spacial score (nSPS) is 9.67. The van der Waals surface area contributed by atoms with Crippen molar-refractivity contribution in [3.8, 4) is 11.5 Å². The van der Waals surface area contributed by atoms with Crippen LogP contribution in [0.2, 0.25) is 0 Å². The number of nitrogens with two attached hydrogens (primary N) is 1. The molecule has 0 fully saturated rings. The molecule has 0 spiro atoms. The molecular weight excluding hydrogens is 192 g/mol. The van der Waals surface area contributed by atoms with Crippen molar-refractivity contribution in [3.63, 3.8) is 0 Å². The van der Waals surface area contributed by atoms with E-state index < -0.39 is 0 Å². The average molecular weight is 202 g/mol. The molecule has 0 radical (unpaired) electrons. The summed E-state index contributed by atoms with van der Waals surface area (Å²) in [6, 6.07) is 7.25. The van der Waals surface area contributed by atoms with Gasteiger partial charge in [0.15, 0.2) is 5.75 Å². The quantitative estimate of drug-likeness (QED) is 0.583. The van der Waals surface area contributed by atoms with Gasteiger partial charge in [-0.2, -0.15) is 0 Å². The van der Waals surface area contributed by atoms with E-state index in [9.17, 15) is 0 Å². The molecule has 0 aliphatic carbocycles. The van der Waals surface area contributed by atoms with E-state index in [1.807, 2.05) is 24.3 Å². The standard InChI is InChI=1S/C10H10N4O/c11-14-8-1-3-9(4-2-8)15-10-5-12-7-13-6-10/h1-7,14H,11H2. The number of hydrogen-bond acceptors (Lipinski definition) is 5. The number of ether oxygens (including phenoxy) is 1. The number of anilines is 1. The Morgan fingerprint density at radius 2 is 1.67 bits per heavy atom. The summed E-state index contributed by atoms with van der Waals surface area (Å²) in [6.45, 7) is 0. The topological polar surface area (TPSA) is 73.1 Å². The van der Waals surface area contributed by atoms with Gasteiger partial charge in [-0.1, -0.05) is 0 Å². The molecule has 0 unspecified atom stereocenters. The molecule has 0 atom stereocenters. The van der Waals surface area contributed by atoms with Crippen molar-refractivity contribution in [3.05, 3.63) is 43.0 Å². The minimum Gasteiger partial charge on any atom is -0.454 e. The smallest absolute Gasteiger partial charge is 0.163 e. The molecule has 2 aromatic rings. The second-order valence-corrected chi connectivity index (χ2v) is 2.84. The second kappa shape index (κ2) is 4.39. The highest BCUT2D eigenvalue weighted by Gasteiger charge is 1.96. The third kappa shape index (κ3) is 2.41. The molecule has 0 bridgehead atoms. The molecule has 5 heteroatoms. The average Bonchev–Trinajstić information content (AvgIpc) is 2.31. The second-order valence-electron chi connectivity index (χ2n) is 2.84. The van der Waals surface area contributed by atoms with E-state index in [0.29, 0.717) is 11.5 Å². The predicted molar refractivity (Wildman–Crippen MR) is 56.4 cm³/mol. The fourth-order valence-corrected chi connectivity index (χ4v) is 1.09. The van der Waals surface area contributed by atoms with Crippen LogP contribution >= 0.6 is 0 Å². The summed E-state index contributed by atoms with van der Waals surface area (Å²) in [4.78, 5) is 7.69. The first-order valence-corrected chi connectivity index (χ1v) is 4.38. The Labute approximate surface area is 86.9 Å².